The molecule has 0 bridgehead atoms. The van der Waals surface area contributed by atoms with Crippen LogP contribution in [0.25, 0.3) is 0 Å². The zero-order valence-electron chi connectivity index (χ0n) is 17.1. The van der Waals surface area contributed by atoms with Gasteiger partial charge in [-0.2, -0.15) is 0 Å². The summed E-state index contributed by atoms with van der Waals surface area (Å²) in [4.78, 5) is 15.4. The molecule has 28 heavy (non-hydrogen) atoms. The second kappa shape index (κ2) is 8.25. The first-order valence-corrected chi connectivity index (χ1v) is 11.7. The van der Waals surface area contributed by atoms with Gasteiger partial charge in [-0.3, -0.25) is 9.69 Å². The van der Waals surface area contributed by atoms with Crippen LogP contribution in [0.4, 0.5) is 0 Å². The molecule has 0 aliphatic carbocycles. The van der Waals surface area contributed by atoms with Crippen LogP contribution in [0.5, 0.6) is 0 Å². The molecule has 0 saturated carbocycles. The van der Waals surface area contributed by atoms with Crippen LogP contribution in [0.15, 0.2) is 28.9 Å². The number of carbonyl (C=O) groups is 1. The fourth-order valence-electron chi connectivity index (χ4n) is 4.22. The number of carbonyl (C=O) groups excluding carboxylic acids is 1. The van der Waals surface area contributed by atoms with Crippen LogP contribution in [-0.2, 0) is 16.4 Å². The number of sulfone groups is 1. The fourth-order valence-corrected chi connectivity index (χ4v) is 5.96. The number of furan rings is 1. The topological polar surface area (TPSA) is 72.5 Å². The Balaban J connectivity index is 1.83. The molecule has 2 atom stereocenters. The summed E-state index contributed by atoms with van der Waals surface area (Å²) in [6.07, 6.45) is 3.14. The maximum atomic E-state index is 13.3. The quantitative estimate of drug-likeness (QED) is 0.630. The normalized spacial score (nSPS) is 20.0. The number of hydrogen-bond acceptors (Lipinski definition) is 5. The number of nitrogens with zero attached hydrogens (tertiary/aromatic N) is 2. The zero-order chi connectivity index (χ0) is 20.5. The molecule has 1 fully saturated rings. The van der Waals surface area contributed by atoms with Gasteiger partial charge in [0.05, 0.1) is 30.4 Å². The molecule has 1 aliphatic heterocycles. The summed E-state index contributed by atoms with van der Waals surface area (Å²) in [7, 11) is -2.99. The molecule has 6 nitrogen and oxygen atoms in total. The highest BCUT2D eigenvalue weighted by Gasteiger charge is 2.36. The third-order valence-corrected chi connectivity index (χ3v) is 7.52. The minimum absolute atomic E-state index is 0.0524. The SMILES string of the molecule is CCCN(C1CCS(=O)(=O)C1)C(C)C(=O)c1cc(C)n(Cc2ccco2)c1C. The summed E-state index contributed by atoms with van der Waals surface area (Å²) in [6.45, 7) is 9.22. The number of hydrogen-bond donors (Lipinski definition) is 0. The van der Waals surface area contributed by atoms with E-state index >= 15 is 0 Å². The Morgan fingerprint density at radius 2 is 2.14 bits per heavy atom. The smallest absolute Gasteiger partial charge is 0.181 e. The van der Waals surface area contributed by atoms with Gasteiger partial charge in [0.1, 0.15) is 5.76 Å². The lowest BCUT2D eigenvalue weighted by Crippen LogP contribution is -2.47. The second-order valence-electron chi connectivity index (χ2n) is 7.79. The van der Waals surface area contributed by atoms with Crippen molar-refractivity contribution in [3.8, 4) is 0 Å². The van der Waals surface area contributed by atoms with Crippen molar-refractivity contribution < 1.29 is 17.6 Å². The molecule has 0 aromatic carbocycles. The molecule has 2 aromatic rings. The molecular formula is C21H30N2O4S. The lowest BCUT2D eigenvalue weighted by Gasteiger charge is -2.32. The van der Waals surface area contributed by atoms with Gasteiger partial charge in [-0.05, 0) is 58.4 Å². The van der Waals surface area contributed by atoms with Gasteiger partial charge < -0.3 is 8.98 Å². The number of Topliss-reactive ketones (excluding diaryl/α,β-unsaturated/α-hetero) is 1. The molecule has 0 spiro atoms. The van der Waals surface area contributed by atoms with Crippen LogP contribution in [0.1, 0.15) is 54.2 Å². The van der Waals surface area contributed by atoms with E-state index in [1.165, 1.54) is 0 Å². The van der Waals surface area contributed by atoms with Crippen molar-refractivity contribution in [3.63, 3.8) is 0 Å². The van der Waals surface area contributed by atoms with E-state index in [0.717, 1.165) is 30.1 Å². The summed E-state index contributed by atoms with van der Waals surface area (Å²) in [5.74, 6) is 1.27. The van der Waals surface area contributed by atoms with E-state index < -0.39 is 9.84 Å². The lowest BCUT2D eigenvalue weighted by molar-refractivity contribution is 0.0779. The Hall–Kier alpha value is -1.86. The molecule has 3 heterocycles. The van der Waals surface area contributed by atoms with Gasteiger partial charge in [-0.1, -0.05) is 6.92 Å². The average Bonchev–Trinajstić information content (AvgIpc) is 3.35. The lowest BCUT2D eigenvalue weighted by atomic mass is 10.0. The van der Waals surface area contributed by atoms with E-state index in [9.17, 15) is 13.2 Å². The molecule has 7 heteroatoms. The highest BCUT2D eigenvalue weighted by atomic mass is 32.2. The Bertz CT molecular complexity index is 928. The van der Waals surface area contributed by atoms with Crippen molar-refractivity contribution in [1.82, 2.24) is 9.47 Å². The van der Waals surface area contributed by atoms with Gasteiger partial charge >= 0.3 is 0 Å². The summed E-state index contributed by atoms with van der Waals surface area (Å²) < 4.78 is 31.4. The molecule has 1 aliphatic rings. The second-order valence-corrected chi connectivity index (χ2v) is 10.0. The molecule has 0 N–H and O–H groups in total. The van der Waals surface area contributed by atoms with Crippen molar-refractivity contribution in [1.29, 1.82) is 0 Å². The van der Waals surface area contributed by atoms with Crippen LogP contribution >= 0.6 is 0 Å². The van der Waals surface area contributed by atoms with Crippen LogP contribution < -0.4 is 0 Å². The fraction of sp³-hybridized carbons (Fsp3) is 0.571. The molecule has 0 radical (unpaired) electrons. The number of ketones is 1. The first-order valence-electron chi connectivity index (χ1n) is 9.93. The highest BCUT2D eigenvalue weighted by Crippen LogP contribution is 2.24. The maximum absolute atomic E-state index is 13.3. The molecular weight excluding hydrogens is 376 g/mol. The van der Waals surface area contributed by atoms with E-state index in [2.05, 4.69) is 16.4 Å². The standard InChI is InChI=1S/C21H30N2O4S/c1-5-9-22(18-8-11-28(25,26)14-18)17(4)21(24)20-12-15(2)23(16(20)3)13-19-7-6-10-27-19/h6-7,10,12,17-18H,5,8-9,11,13-14H2,1-4H3. The summed E-state index contributed by atoms with van der Waals surface area (Å²) in [5.41, 5.74) is 2.63. The molecule has 154 valence electrons. The van der Waals surface area contributed by atoms with Crippen molar-refractivity contribution in [2.45, 2.75) is 59.2 Å². The summed E-state index contributed by atoms with van der Waals surface area (Å²) >= 11 is 0. The predicted molar refractivity (Wildman–Crippen MR) is 110 cm³/mol. The highest BCUT2D eigenvalue weighted by molar-refractivity contribution is 7.91. The van der Waals surface area contributed by atoms with Gasteiger partial charge in [0.15, 0.2) is 15.6 Å². The molecule has 1 saturated heterocycles. The number of rotatable bonds is 8. The van der Waals surface area contributed by atoms with E-state index in [0.29, 0.717) is 18.5 Å². The molecule has 0 amide bonds. The van der Waals surface area contributed by atoms with Gasteiger partial charge in [0.2, 0.25) is 0 Å². The van der Waals surface area contributed by atoms with Crippen LogP contribution in [0.2, 0.25) is 0 Å². The van der Waals surface area contributed by atoms with Crippen LogP contribution in [0.3, 0.4) is 0 Å². The third-order valence-electron chi connectivity index (χ3n) is 5.77. The van der Waals surface area contributed by atoms with Crippen LogP contribution in [-0.4, -0.2) is 53.8 Å². The van der Waals surface area contributed by atoms with E-state index in [1.807, 2.05) is 39.0 Å². The van der Waals surface area contributed by atoms with Gasteiger partial charge in [0, 0.05) is 23.0 Å². The van der Waals surface area contributed by atoms with E-state index in [1.54, 1.807) is 6.26 Å². The van der Waals surface area contributed by atoms with Crippen molar-refractivity contribution in [3.05, 3.63) is 47.2 Å². The molecule has 2 aromatic heterocycles. The number of aryl methyl sites for hydroxylation is 1. The van der Waals surface area contributed by atoms with Crippen molar-refractivity contribution in [2.24, 2.45) is 0 Å². The monoisotopic (exact) mass is 406 g/mol. The first-order chi connectivity index (χ1) is 13.2. The Morgan fingerprint density at radius 3 is 2.71 bits per heavy atom. The summed E-state index contributed by atoms with van der Waals surface area (Å²) in [6, 6.07) is 5.29. The Kier molecular flexibility index (Phi) is 6.15. The van der Waals surface area contributed by atoms with Crippen molar-refractivity contribution >= 4 is 15.6 Å². The average molecular weight is 407 g/mol. The van der Waals surface area contributed by atoms with E-state index in [4.69, 9.17) is 4.42 Å². The predicted octanol–water partition coefficient (Wildman–Crippen LogP) is 3.22. The van der Waals surface area contributed by atoms with Gasteiger partial charge in [-0.25, -0.2) is 8.42 Å². The molecule has 3 rings (SSSR count). The minimum atomic E-state index is -2.99. The van der Waals surface area contributed by atoms with Gasteiger partial charge in [0.25, 0.3) is 0 Å². The molecule has 2 unspecified atom stereocenters. The first kappa shape index (κ1) is 20.9. The van der Waals surface area contributed by atoms with Gasteiger partial charge in [-0.15, -0.1) is 0 Å². The largest absolute Gasteiger partial charge is 0.467 e. The third kappa shape index (κ3) is 4.25. The van der Waals surface area contributed by atoms with Crippen LogP contribution in [0, 0.1) is 13.8 Å². The summed E-state index contributed by atoms with van der Waals surface area (Å²) in [5, 5.41) is 0. The Labute approximate surface area is 167 Å². The van der Waals surface area contributed by atoms with E-state index in [-0.39, 0.29) is 29.4 Å². The zero-order valence-corrected chi connectivity index (χ0v) is 18.0. The number of aromatic nitrogens is 1. The van der Waals surface area contributed by atoms with Crippen molar-refractivity contribution in [2.75, 3.05) is 18.1 Å². The maximum Gasteiger partial charge on any atom is 0.181 e. The Morgan fingerprint density at radius 1 is 1.39 bits per heavy atom. The minimum Gasteiger partial charge on any atom is -0.467 e.